The summed E-state index contributed by atoms with van der Waals surface area (Å²) in [6, 6.07) is 14.5. The van der Waals surface area contributed by atoms with Gasteiger partial charge < -0.3 is 19.7 Å². The first-order valence-electron chi connectivity index (χ1n) is 10.7. The van der Waals surface area contributed by atoms with E-state index in [0.29, 0.717) is 17.8 Å². The van der Waals surface area contributed by atoms with Crippen LogP contribution < -0.4 is 15.0 Å². The number of hydrogen-bond acceptors (Lipinski definition) is 7. The van der Waals surface area contributed by atoms with Gasteiger partial charge >= 0.3 is 5.97 Å². The molecule has 0 saturated carbocycles. The molecule has 1 amide bonds. The van der Waals surface area contributed by atoms with Gasteiger partial charge in [-0.25, -0.2) is 9.78 Å². The van der Waals surface area contributed by atoms with Crippen molar-refractivity contribution in [2.24, 2.45) is 0 Å². The Labute approximate surface area is 192 Å². The van der Waals surface area contributed by atoms with E-state index in [1.807, 2.05) is 35.0 Å². The molecule has 1 saturated heterocycles. The number of piperazine rings is 1. The van der Waals surface area contributed by atoms with E-state index in [4.69, 9.17) is 4.74 Å². The first-order valence-corrected chi connectivity index (χ1v) is 10.7. The van der Waals surface area contributed by atoms with E-state index in [1.165, 1.54) is 7.11 Å². The molecule has 9 heteroatoms. The molecule has 2 heterocycles. The highest BCUT2D eigenvalue weighted by molar-refractivity contribution is 5.94. The number of imidazole rings is 1. The van der Waals surface area contributed by atoms with Crippen LogP contribution in [-0.2, 0) is 9.53 Å². The normalized spacial score (nSPS) is 14.1. The molecule has 1 fully saturated rings. The smallest absolute Gasteiger partial charge is 0.337 e. The van der Waals surface area contributed by atoms with Crippen LogP contribution in [0.5, 0.6) is 5.75 Å². The van der Waals surface area contributed by atoms with Crippen LogP contribution in [0.4, 0.5) is 11.6 Å². The second kappa shape index (κ2) is 10.2. The molecule has 1 aliphatic rings. The molecule has 0 spiro atoms. The van der Waals surface area contributed by atoms with Crippen LogP contribution in [0.2, 0.25) is 0 Å². The minimum absolute atomic E-state index is 0.0906. The molecule has 0 radical (unpaired) electrons. The van der Waals surface area contributed by atoms with Crippen molar-refractivity contribution in [3.05, 3.63) is 66.5 Å². The van der Waals surface area contributed by atoms with Crippen molar-refractivity contribution in [1.82, 2.24) is 14.5 Å². The molecular weight excluding hydrogens is 422 g/mol. The molecule has 33 heavy (non-hydrogen) atoms. The number of carbonyl (C=O) groups excluding carboxylic acids is 2. The summed E-state index contributed by atoms with van der Waals surface area (Å²) in [5.74, 6) is 1.17. The largest absolute Gasteiger partial charge is 0.497 e. The van der Waals surface area contributed by atoms with Crippen molar-refractivity contribution in [3.8, 4) is 11.4 Å². The standard InChI is InChI=1S/C24H27N5O4/c1-32-21-5-3-4-20(16-21)29-11-10-25-24(29)28-14-12-27(13-15-28)17-22(30)26-19-8-6-18(7-9-19)23(31)33-2/h3-11,16H,12-15,17H2,1-2H3,(H,26,30). The van der Waals surface area contributed by atoms with Gasteiger partial charge in [0.25, 0.3) is 0 Å². The predicted octanol–water partition coefficient (Wildman–Crippen LogP) is 2.43. The average Bonchev–Trinajstić information content (AvgIpc) is 3.34. The number of nitrogens with zero attached hydrogens (tertiary/aromatic N) is 4. The van der Waals surface area contributed by atoms with Crippen LogP contribution in [0.3, 0.4) is 0 Å². The third-order valence-electron chi connectivity index (χ3n) is 5.56. The van der Waals surface area contributed by atoms with Crippen LogP contribution in [-0.4, -0.2) is 73.3 Å². The van der Waals surface area contributed by atoms with Gasteiger partial charge in [0.2, 0.25) is 11.9 Å². The predicted molar refractivity (Wildman–Crippen MR) is 125 cm³/mol. The molecule has 1 aromatic heterocycles. The lowest BCUT2D eigenvalue weighted by molar-refractivity contribution is -0.117. The van der Waals surface area contributed by atoms with Gasteiger partial charge in [0, 0.05) is 50.3 Å². The minimum atomic E-state index is -0.405. The molecule has 2 aromatic carbocycles. The lowest BCUT2D eigenvalue weighted by Gasteiger charge is -2.35. The lowest BCUT2D eigenvalue weighted by Crippen LogP contribution is -2.49. The monoisotopic (exact) mass is 449 g/mol. The molecule has 1 N–H and O–H groups in total. The Morgan fingerprint density at radius 3 is 2.48 bits per heavy atom. The first-order chi connectivity index (χ1) is 16.1. The third kappa shape index (κ3) is 5.32. The molecule has 172 valence electrons. The van der Waals surface area contributed by atoms with E-state index in [1.54, 1.807) is 37.6 Å². The molecular formula is C24H27N5O4. The summed E-state index contributed by atoms with van der Waals surface area (Å²) < 4.78 is 12.1. The van der Waals surface area contributed by atoms with Crippen molar-refractivity contribution in [2.75, 3.05) is 57.2 Å². The number of hydrogen-bond donors (Lipinski definition) is 1. The second-order valence-electron chi connectivity index (χ2n) is 7.68. The van der Waals surface area contributed by atoms with Crippen molar-refractivity contribution >= 4 is 23.5 Å². The number of ether oxygens (including phenoxy) is 2. The number of methoxy groups -OCH3 is 2. The second-order valence-corrected chi connectivity index (χ2v) is 7.68. The topological polar surface area (TPSA) is 88.9 Å². The van der Waals surface area contributed by atoms with Gasteiger partial charge in [-0.15, -0.1) is 0 Å². The van der Waals surface area contributed by atoms with E-state index in [9.17, 15) is 9.59 Å². The zero-order valence-electron chi connectivity index (χ0n) is 18.7. The van der Waals surface area contributed by atoms with E-state index in [-0.39, 0.29) is 5.91 Å². The number of rotatable bonds is 7. The molecule has 9 nitrogen and oxygen atoms in total. The average molecular weight is 450 g/mol. The fourth-order valence-electron chi connectivity index (χ4n) is 3.81. The Hall–Kier alpha value is -3.85. The van der Waals surface area contributed by atoms with Crippen LogP contribution >= 0.6 is 0 Å². The van der Waals surface area contributed by atoms with Crippen molar-refractivity contribution in [2.45, 2.75) is 0 Å². The minimum Gasteiger partial charge on any atom is -0.497 e. The van der Waals surface area contributed by atoms with Gasteiger partial charge in [0.1, 0.15) is 5.75 Å². The fourth-order valence-corrected chi connectivity index (χ4v) is 3.81. The van der Waals surface area contributed by atoms with E-state index < -0.39 is 5.97 Å². The van der Waals surface area contributed by atoms with Crippen molar-refractivity contribution in [1.29, 1.82) is 0 Å². The van der Waals surface area contributed by atoms with Gasteiger partial charge in [-0.05, 0) is 36.4 Å². The van der Waals surface area contributed by atoms with Crippen LogP contribution in [0, 0.1) is 0 Å². The highest BCUT2D eigenvalue weighted by Gasteiger charge is 2.22. The zero-order valence-corrected chi connectivity index (χ0v) is 18.7. The summed E-state index contributed by atoms with van der Waals surface area (Å²) in [5.41, 5.74) is 2.08. The number of anilines is 2. The highest BCUT2D eigenvalue weighted by Crippen LogP contribution is 2.23. The highest BCUT2D eigenvalue weighted by atomic mass is 16.5. The maximum atomic E-state index is 12.5. The third-order valence-corrected chi connectivity index (χ3v) is 5.56. The molecule has 1 aliphatic heterocycles. The molecule has 4 rings (SSSR count). The number of benzene rings is 2. The summed E-state index contributed by atoms with van der Waals surface area (Å²) in [6.07, 6.45) is 3.73. The van der Waals surface area contributed by atoms with Gasteiger partial charge in [0.05, 0.1) is 32.0 Å². The van der Waals surface area contributed by atoms with Crippen molar-refractivity contribution in [3.63, 3.8) is 0 Å². The molecule has 0 atom stereocenters. The molecule has 0 aliphatic carbocycles. The number of esters is 1. The quantitative estimate of drug-likeness (QED) is 0.554. The summed E-state index contributed by atoms with van der Waals surface area (Å²) >= 11 is 0. The summed E-state index contributed by atoms with van der Waals surface area (Å²) in [6.45, 7) is 3.33. The van der Waals surface area contributed by atoms with Crippen LogP contribution in [0.15, 0.2) is 60.9 Å². The van der Waals surface area contributed by atoms with Crippen LogP contribution in [0.25, 0.3) is 5.69 Å². The number of nitrogens with one attached hydrogen (secondary N) is 1. The Kier molecular flexibility index (Phi) is 6.89. The van der Waals surface area contributed by atoms with Gasteiger partial charge in [-0.1, -0.05) is 6.07 Å². The van der Waals surface area contributed by atoms with E-state index in [0.717, 1.165) is 43.6 Å². The van der Waals surface area contributed by atoms with Gasteiger partial charge in [-0.2, -0.15) is 0 Å². The Morgan fingerprint density at radius 1 is 1.03 bits per heavy atom. The summed E-state index contributed by atoms with van der Waals surface area (Å²) in [7, 11) is 2.99. The van der Waals surface area contributed by atoms with E-state index in [2.05, 4.69) is 24.8 Å². The van der Waals surface area contributed by atoms with Crippen molar-refractivity contribution < 1.29 is 19.1 Å². The SMILES string of the molecule is COC(=O)c1ccc(NC(=O)CN2CCN(c3nccn3-c3cccc(OC)c3)CC2)cc1. The Morgan fingerprint density at radius 2 is 1.79 bits per heavy atom. The van der Waals surface area contributed by atoms with Gasteiger partial charge in [0.15, 0.2) is 0 Å². The molecule has 3 aromatic rings. The summed E-state index contributed by atoms with van der Waals surface area (Å²) in [4.78, 5) is 32.9. The molecule has 0 unspecified atom stereocenters. The first kappa shape index (κ1) is 22.3. The fraction of sp³-hybridized carbons (Fsp3) is 0.292. The Bertz CT molecular complexity index is 1100. The number of amides is 1. The maximum Gasteiger partial charge on any atom is 0.337 e. The molecule has 0 bridgehead atoms. The zero-order chi connectivity index (χ0) is 23.2. The van der Waals surface area contributed by atoms with Crippen LogP contribution in [0.1, 0.15) is 10.4 Å². The summed E-state index contributed by atoms with van der Waals surface area (Å²) in [5, 5.41) is 2.88. The maximum absolute atomic E-state index is 12.5. The van der Waals surface area contributed by atoms with Gasteiger partial charge in [-0.3, -0.25) is 14.3 Å². The Balaban J connectivity index is 1.31. The lowest BCUT2D eigenvalue weighted by atomic mass is 10.2. The van der Waals surface area contributed by atoms with E-state index >= 15 is 0 Å². The number of aromatic nitrogens is 2. The number of carbonyl (C=O) groups is 2.